The minimum atomic E-state index is -0.546. The van der Waals surface area contributed by atoms with Crippen molar-refractivity contribution in [3.63, 3.8) is 0 Å². The third kappa shape index (κ3) is 2.44. The molecule has 1 aromatic heterocycles. The third-order valence-corrected chi connectivity index (χ3v) is 2.36. The quantitative estimate of drug-likeness (QED) is 0.500. The molecule has 0 bridgehead atoms. The van der Waals surface area contributed by atoms with E-state index in [1.807, 2.05) is 0 Å². The van der Waals surface area contributed by atoms with Gasteiger partial charge in [-0.2, -0.15) is 0 Å². The summed E-state index contributed by atoms with van der Waals surface area (Å²) in [6, 6.07) is 6.29. The Balaban J connectivity index is 2.47. The summed E-state index contributed by atoms with van der Waals surface area (Å²) in [7, 11) is 0. The Morgan fingerprint density at radius 1 is 1.29 bits per heavy atom. The van der Waals surface area contributed by atoms with Crippen molar-refractivity contribution in [3.05, 3.63) is 59.9 Å². The van der Waals surface area contributed by atoms with Crippen LogP contribution in [0.25, 0.3) is 0 Å². The number of nitrogens with zero attached hydrogens (tertiary/aromatic N) is 3. The number of hydrogen-bond acceptors (Lipinski definition) is 4. The maximum atomic E-state index is 13.7. The summed E-state index contributed by atoms with van der Waals surface area (Å²) in [5.74, 6) is -0.919. The summed E-state index contributed by atoms with van der Waals surface area (Å²) >= 11 is 0. The largest absolute Gasteiger partial charge is 0.411 e. The van der Waals surface area contributed by atoms with E-state index < -0.39 is 5.92 Å². The lowest BCUT2D eigenvalue weighted by Gasteiger charge is -2.11. The van der Waals surface area contributed by atoms with Crippen molar-refractivity contribution in [3.8, 4) is 0 Å². The Bertz CT molecular complexity index is 516. The molecule has 1 N–H and O–H groups in total. The van der Waals surface area contributed by atoms with E-state index in [4.69, 9.17) is 5.21 Å². The third-order valence-electron chi connectivity index (χ3n) is 2.36. The van der Waals surface area contributed by atoms with Gasteiger partial charge < -0.3 is 5.21 Å². The lowest BCUT2D eigenvalue weighted by Crippen LogP contribution is -2.07. The Hall–Kier alpha value is -2.30. The maximum absolute atomic E-state index is 13.7. The Labute approximate surface area is 97.5 Å². The summed E-state index contributed by atoms with van der Waals surface area (Å²) in [4.78, 5) is 8.00. The molecule has 0 aliphatic heterocycles. The van der Waals surface area contributed by atoms with Crippen LogP contribution in [0.2, 0.25) is 0 Å². The van der Waals surface area contributed by atoms with Crippen LogP contribution >= 0.6 is 0 Å². The minimum absolute atomic E-state index is 0.372. The molecule has 0 amide bonds. The van der Waals surface area contributed by atoms with Crippen LogP contribution in [-0.2, 0) is 0 Å². The van der Waals surface area contributed by atoms with E-state index in [-0.39, 0.29) is 5.82 Å². The molecule has 1 heterocycles. The Kier molecular flexibility index (Phi) is 3.40. The van der Waals surface area contributed by atoms with E-state index in [0.29, 0.717) is 11.3 Å². The van der Waals surface area contributed by atoms with Gasteiger partial charge >= 0.3 is 0 Å². The van der Waals surface area contributed by atoms with Gasteiger partial charge in [-0.15, -0.1) is 5.16 Å². The average molecular weight is 231 g/mol. The molecule has 0 spiro atoms. The lowest BCUT2D eigenvalue weighted by molar-refractivity contribution is 0.320. The number of halogens is 1. The molecule has 0 fully saturated rings. The van der Waals surface area contributed by atoms with Crippen molar-refractivity contribution in [1.29, 1.82) is 0 Å². The molecule has 4 nitrogen and oxygen atoms in total. The fourth-order valence-corrected chi connectivity index (χ4v) is 1.58. The maximum Gasteiger partial charge on any atom is 0.127 e. The molecular weight excluding hydrogens is 221 g/mol. The molecule has 1 atom stereocenters. The van der Waals surface area contributed by atoms with Crippen LogP contribution in [0.15, 0.2) is 48.0 Å². The zero-order chi connectivity index (χ0) is 12.1. The van der Waals surface area contributed by atoms with E-state index >= 15 is 0 Å². The number of aromatic nitrogens is 2. The Morgan fingerprint density at radius 2 is 2.12 bits per heavy atom. The van der Waals surface area contributed by atoms with Gasteiger partial charge in [0.1, 0.15) is 5.82 Å². The van der Waals surface area contributed by atoms with E-state index in [0.717, 1.165) is 0 Å². The molecule has 2 rings (SSSR count). The van der Waals surface area contributed by atoms with Gasteiger partial charge in [0, 0.05) is 24.2 Å². The van der Waals surface area contributed by atoms with E-state index in [9.17, 15) is 4.39 Å². The monoisotopic (exact) mass is 231 g/mol. The van der Waals surface area contributed by atoms with Crippen molar-refractivity contribution in [1.82, 2.24) is 9.97 Å². The van der Waals surface area contributed by atoms with E-state index in [1.54, 1.807) is 18.2 Å². The molecule has 0 radical (unpaired) electrons. The summed E-state index contributed by atoms with van der Waals surface area (Å²) in [5.41, 5.74) is 0.918. The first-order valence-electron chi connectivity index (χ1n) is 5.01. The van der Waals surface area contributed by atoms with Crippen LogP contribution in [0.4, 0.5) is 4.39 Å². The van der Waals surface area contributed by atoms with Crippen LogP contribution in [-0.4, -0.2) is 21.4 Å². The number of oxime groups is 1. The highest BCUT2D eigenvalue weighted by Gasteiger charge is 2.17. The lowest BCUT2D eigenvalue weighted by atomic mass is 9.97. The zero-order valence-electron chi connectivity index (χ0n) is 8.86. The molecule has 2 aromatic rings. The summed E-state index contributed by atoms with van der Waals surface area (Å²) in [5, 5.41) is 11.6. The van der Waals surface area contributed by atoms with Gasteiger partial charge in [0.2, 0.25) is 0 Å². The highest BCUT2D eigenvalue weighted by Crippen LogP contribution is 2.22. The van der Waals surface area contributed by atoms with E-state index in [2.05, 4.69) is 15.1 Å². The first-order chi connectivity index (χ1) is 8.33. The van der Waals surface area contributed by atoms with Crippen molar-refractivity contribution < 1.29 is 9.60 Å². The van der Waals surface area contributed by atoms with Crippen LogP contribution in [0.3, 0.4) is 0 Å². The second kappa shape index (κ2) is 5.16. The van der Waals surface area contributed by atoms with Crippen molar-refractivity contribution in [2.45, 2.75) is 5.92 Å². The first kappa shape index (κ1) is 11.2. The summed E-state index contributed by atoms with van der Waals surface area (Å²) in [6.45, 7) is 0. The highest BCUT2D eigenvalue weighted by atomic mass is 19.1. The molecule has 86 valence electrons. The smallest absolute Gasteiger partial charge is 0.127 e. The van der Waals surface area contributed by atoms with Crippen LogP contribution in [0.5, 0.6) is 0 Å². The van der Waals surface area contributed by atoms with Gasteiger partial charge in [0.25, 0.3) is 0 Å². The second-order valence-electron chi connectivity index (χ2n) is 3.39. The molecule has 0 unspecified atom stereocenters. The molecule has 0 saturated heterocycles. The predicted molar refractivity (Wildman–Crippen MR) is 60.6 cm³/mol. The van der Waals surface area contributed by atoms with Crippen LogP contribution < -0.4 is 0 Å². The van der Waals surface area contributed by atoms with Crippen LogP contribution in [0.1, 0.15) is 17.2 Å². The normalized spacial score (nSPS) is 12.8. The minimum Gasteiger partial charge on any atom is -0.411 e. The van der Waals surface area contributed by atoms with Crippen molar-refractivity contribution >= 4 is 6.21 Å². The zero-order valence-corrected chi connectivity index (χ0v) is 8.86. The Morgan fingerprint density at radius 3 is 2.76 bits per heavy atom. The summed E-state index contributed by atoms with van der Waals surface area (Å²) < 4.78 is 13.7. The topological polar surface area (TPSA) is 58.4 Å². The number of hydrogen-bond donors (Lipinski definition) is 1. The molecule has 0 saturated carbocycles. The highest BCUT2D eigenvalue weighted by molar-refractivity contribution is 5.71. The first-order valence-corrected chi connectivity index (χ1v) is 5.01. The van der Waals surface area contributed by atoms with Crippen molar-refractivity contribution in [2.75, 3.05) is 0 Å². The molecular formula is C12H10FN3O. The van der Waals surface area contributed by atoms with Gasteiger partial charge in [-0.3, -0.25) is 9.97 Å². The molecule has 1 aromatic carbocycles. The summed E-state index contributed by atoms with van der Waals surface area (Å²) in [6.07, 6.45) is 5.77. The predicted octanol–water partition coefficient (Wildman–Crippen LogP) is 2.21. The average Bonchev–Trinajstić information content (AvgIpc) is 2.38. The molecule has 5 heteroatoms. The van der Waals surface area contributed by atoms with Gasteiger partial charge in [0.05, 0.1) is 17.8 Å². The standard InChI is InChI=1S/C12H10FN3O/c13-11-4-2-1-3-9(11)10(7-16-17)12-8-14-5-6-15-12/h1-8,10,17H/t10-/m0/s1. The van der Waals surface area contributed by atoms with Gasteiger partial charge in [-0.05, 0) is 6.07 Å². The molecule has 17 heavy (non-hydrogen) atoms. The molecule has 0 aliphatic carbocycles. The van der Waals surface area contributed by atoms with Crippen LogP contribution in [0, 0.1) is 5.82 Å². The SMILES string of the molecule is ON=C[C@H](c1cnccn1)c1ccccc1F. The molecule has 0 aliphatic rings. The number of benzene rings is 1. The number of rotatable bonds is 3. The van der Waals surface area contributed by atoms with Gasteiger partial charge in [0.15, 0.2) is 0 Å². The van der Waals surface area contributed by atoms with Crippen molar-refractivity contribution in [2.24, 2.45) is 5.16 Å². The van der Waals surface area contributed by atoms with E-state index in [1.165, 1.54) is 30.9 Å². The fraction of sp³-hybridized carbons (Fsp3) is 0.0833. The van der Waals surface area contributed by atoms with Gasteiger partial charge in [-0.1, -0.05) is 18.2 Å². The second-order valence-corrected chi connectivity index (χ2v) is 3.39. The fourth-order valence-electron chi connectivity index (χ4n) is 1.58. The van der Waals surface area contributed by atoms with Gasteiger partial charge in [-0.25, -0.2) is 4.39 Å².